The van der Waals surface area contributed by atoms with Gasteiger partial charge in [-0.15, -0.1) is 0 Å². The Morgan fingerprint density at radius 1 is 1.25 bits per heavy atom. The average molecular weight is 224 g/mol. The lowest BCUT2D eigenvalue weighted by molar-refractivity contribution is -0.133. The molecule has 0 aromatic carbocycles. The Labute approximate surface area is 98.2 Å². The summed E-state index contributed by atoms with van der Waals surface area (Å²) in [5, 5.41) is 3.20. The molecule has 0 aromatic heterocycles. The molecule has 2 saturated carbocycles. The van der Waals surface area contributed by atoms with Crippen LogP contribution >= 0.6 is 0 Å². The fourth-order valence-electron chi connectivity index (χ4n) is 2.92. The van der Waals surface area contributed by atoms with Crippen molar-refractivity contribution in [2.24, 2.45) is 16.6 Å². The Hall–Kier alpha value is -0.570. The van der Waals surface area contributed by atoms with Crippen molar-refractivity contribution in [1.29, 1.82) is 0 Å². The Kier molecular flexibility index (Phi) is 2.77. The summed E-state index contributed by atoms with van der Waals surface area (Å²) in [5.41, 5.74) is 5.90. The third-order valence-electron chi connectivity index (χ3n) is 4.90. The molecule has 2 aliphatic rings. The third-order valence-corrected chi connectivity index (χ3v) is 4.90. The monoisotopic (exact) mass is 224 g/mol. The van der Waals surface area contributed by atoms with E-state index < -0.39 is 0 Å². The molecule has 0 aromatic rings. The van der Waals surface area contributed by atoms with Crippen LogP contribution in [0.4, 0.5) is 0 Å². The predicted octanol–water partition coefficient (Wildman–Crippen LogP) is 1.81. The number of nitrogens with one attached hydrogen (secondary N) is 1. The molecule has 0 aliphatic heterocycles. The summed E-state index contributed by atoms with van der Waals surface area (Å²) in [7, 11) is 0. The Morgan fingerprint density at radius 3 is 2.25 bits per heavy atom. The van der Waals surface area contributed by atoms with E-state index in [9.17, 15) is 4.79 Å². The van der Waals surface area contributed by atoms with E-state index in [2.05, 4.69) is 26.1 Å². The molecule has 0 saturated heterocycles. The maximum Gasteiger partial charge on any atom is 0.226 e. The molecule has 2 unspecified atom stereocenters. The minimum absolute atomic E-state index is 0.0601. The third kappa shape index (κ3) is 1.75. The summed E-state index contributed by atoms with van der Waals surface area (Å²) in [5.74, 6) is 0.245. The van der Waals surface area contributed by atoms with Gasteiger partial charge in [-0.05, 0) is 19.3 Å². The quantitative estimate of drug-likeness (QED) is 0.751. The van der Waals surface area contributed by atoms with Gasteiger partial charge in [-0.25, -0.2) is 0 Å². The van der Waals surface area contributed by atoms with E-state index in [4.69, 9.17) is 5.73 Å². The molecular formula is C13H24N2O. The van der Waals surface area contributed by atoms with Crippen LogP contribution < -0.4 is 11.1 Å². The summed E-state index contributed by atoms with van der Waals surface area (Å²) >= 11 is 0. The van der Waals surface area contributed by atoms with Gasteiger partial charge in [0.25, 0.3) is 0 Å². The van der Waals surface area contributed by atoms with E-state index in [0.29, 0.717) is 0 Å². The zero-order chi connectivity index (χ0) is 12.0. The molecular weight excluding hydrogens is 200 g/mol. The van der Waals surface area contributed by atoms with Crippen LogP contribution in [0.1, 0.15) is 52.9 Å². The van der Waals surface area contributed by atoms with Gasteiger partial charge in [-0.2, -0.15) is 0 Å². The normalized spacial score (nSPS) is 35.5. The Bertz CT molecular complexity index is 292. The summed E-state index contributed by atoms with van der Waals surface area (Å²) in [6, 6.07) is 0.501. The van der Waals surface area contributed by atoms with Crippen LogP contribution in [0, 0.1) is 10.8 Å². The predicted molar refractivity (Wildman–Crippen MR) is 64.9 cm³/mol. The van der Waals surface area contributed by atoms with Crippen molar-refractivity contribution in [3.8, 4) is 0 Å². The van der Waals surface area contributed by atoms with Crippen molar-refractivity contribution in [1.82, 2.24) is 5.32 Å². The molecule has 0 heterocycles. The number of nitrogens with two attached hydrogens (primary N) is 1. The van der Waals surface area contributed by atoms with Gasteiger partial charge < -0.3 is 11.1 Å². The first-order valence-electron chi connectivity index (χ1n) is 6.43. The minimum atomic E-state index is -0.115. The molecule has 16 heavy (non-hydrogen) atoms. The van der Waals surface area contributed by atoms with Gasteiger partial charge in [0.15, 0.2) is 0 Å². The summed E-state index contributed by atoms with van der Waals surface area (Å²) < 4.78 is 0. The van der Waals surface area contributed by atoms with E-state index in [1.165, 1.54) is 12.8 Å². The Morgan fingerprint density at radius 2 is 1.81 bits per heavy atom. The van der Waals surface area contributed by atoms with E-state index in [1.807, 2.05) is 0 Å². The molecule has 92 valence electrons. The van der Waals surface area contributed by atoms with Crippen molar-refractivity contribution >= 4 is 5.91 Å². The van der Waals surface area contributed by atoms with Gasteiger partial charge >= 0.3 is 0 Å². The van der Waals surface area contributed by atoms with Crippen LogP contribution in [0.15, 0.2) is 0 Å². The largest absolute Gasteiger partial charge is 0.352 e. The topological polar surface area (TPSA) is 55.1 Å². The molecule has 1 amide bonds. The second-order valence-electron chi connectivity index (χ2n) is 6.46. The van der Waals surface area contributed by atoms with Gasteiger partial charge in [-0.1, -0.05) is 33.6 Å². The molecule has 3 heteroatoms. The number of amides is 1. The van der Waals surface area contributed by atoms with E-state index in [1.54, 1.807) is 0 Å². The van der Waals surface area contributed by atoms with Gasteiger partial charge in [0.2, 0.25) is 5.91 Å². The lowest BCUT2D eigenvalue weighted by Gasteiger charge is -2.51. The second-order valence-corrected chi connectivity index (χ2v) is 6.46. The average Bonchev–Trinajstić information content (AvgIpc) is 2.66. The first kappa shape index (κ1) is 11.9. The number of carbonyl (C=O) groups excluding carboxylic acids is 1. The molecule has 0 radical (unpaired) electrons. The molecule has 2 atom stereocenters. The van der Waals surface area contributed by atoms with Crippen molar-refractivity contribution in [3.05, 3.63) is 0 Å². The highest BCUT2D eigenvalue weighted by Crippen LogP contribution is 2.42. The maximum absolute atomic E-state index is 12.2. The van der Waals surface area contributed by atoms with E-state index in [-0.39, 0.29) is 28.8 Å². The van der Waals surface area contributed by atoms with Crippen LogP contribution in [0.3, 0.4) is 0 Å². The zero-order valence-electron chi connectivity index (χ0n) is 10.7. The van der Waals surface area contributed by atoms with E-state index in [0.717, 1.165) is 19.3 Å². The summed E-state index contributed by atoms with van der Waals surface area (Å²) in [6.45, 7) is 6.38. The number of hydrogen-bond donors (Lipinski definition) is 2. The molecule has 2 rings (SSSR count). The molecule has 3 nitrogen and oxygen atoms in total. The van der Waals surface area contributed by atoms with Gasteiger partial charge in [0.05, 0.1) is 0 Å². The van der Waals surface area contributed by atoms with Crippen LogP contribution in [0.5, 0.6) is 0 Å². The van der Waals surface area contributed by atoms with Gasteiger partial charge in [0.1, 0.15) is 0 Å². The van der Waals surface area contributed by atoms with Crippen LogP contribution in [-0.4, -0.2) is 18.0 Å². The van der Waals surface area contributed by atoms with Crippen molar-refractivity contribution < 1.29 is 4.79 Å². The van der Waals surface area contributed by atoms with Gasteiger partial charge in [-0.3, -0.25) is 4.79 Å². The number of rotatable bonds is 2. The first-order chi connectivity index (χ1) is 7.36. The highest BCUT2D eigenvalue weighted by molar-refractivity contribution is 5.83. The van der Waals surface area contributed by atoms with Crippen LogP contribution in [0.2, 0.25) is 0 Å². The second kappa shape index (κ2) is 3.73. The highest BCUT2D eigenvalue weighted by Gasteiger charge is 2.48. The summed E-state index contributed by atoms with van der Waals surface area (Å²) in [6.07, 6.45) is 5.39. The number of hydrogen-bond acceptors (Lipinski definition) is 2. The van der Waals surface area contributed by atoms with E-state index >= 15 is 0 Å². The molecule has 0 bridgehead atoms. The fraction of sp³-hybridized carbons (Fsp3) is 0.923. The lowest BCUT2D eigenvalue weighted by atomic mass is 9.63. The maximum atomic E-state index is 12.2. The highest BCUT2D eigenvalue weighted by atomic mass is 16.2. The first-order valence-corrected chi connectivity index (χ1v) is 6.43. The minimum Gasteiger partial charge on any atom is -0.352 e. The molecule has 2 aliphatic carbocycles. The lowest BCUT2D eigenvalue weighted by Crippen LogP contribution is -2.65. The SMILES string of the molecule is CC1(C(=O)NC2CC(N)C2(C)C)CCCC1. The standard InChI is InChI=1S/C13H24N2O/c1-12(2)9(14)8-10(12)15-11(16)13(3)6-4-5-7-13/h9-10H,4-8,14H2,1-3H3,(H,15,16). The van der Waals surface area contributed by atoms with Gasteiger partial charge in [0, 0.05) is 22.9 Å². The van der Waals surface area contributed by atoms with Crippen molar-refractivity contribution in [2.75, 3.05) is 0 Å². The van der Waals surface area contributed by atoms with Crippen LogP contribution in [-0.2, 0) is 4.79 Å². The van der Waals surface area contributed by atoms with Crippen LogP contribution in [0.25, 0.3) is 0 Å². The molecule has 2 fully saturated rings. The Balaban J connectivity index is 1.94. The van der Waals surface area contributed by atoms with Crippen molar-refractivity contribution in [2.45, 2.75) is 65.0 Å². The number of carbonyl (C=O) groups is 1. The fourth-order valence-corrected chi connectivity index (χ4v) is 2.92. The smallest absolute Gasteiger partial charge is 0.226 e. The molecule has 3 N–H and O–H groups in total. The molecule has 0 spiro atoms. The van der Waals surface area contributed by atoms with Crippen molar-refractivity contribution in [3.63, 3.8) is 0 Å². The zero-order valence-corrected chi connectivity index (χ0v) is 10.7. The summed E-state index contributed by atoms with van der Waals surface area (Å²) in [4.78, 5) is 12.2.